The third-order valence-electron chi connectivity index (χ3n) is 3.84. The molecule has 1 saturated carbocycles. The van der Waals surface area contributed by atoms with E-state index in [2.05, 4.69) is 5.32 Å². The van der Waals surface area contributed by atoms with Gasteiger partial charge in [0.05, 0.1) is 5.60 Å². The highest BCUT2D eigenvalue weighted by atomic mass is 16.3. The number of rotatable bonds is 7. The van der Waals surface area contributed by atoms with Crippen LogP contribution in [0.1, 0.15) is 52.4 Å². The molecule has 0 bridgehead atoms. The molecule has 4 nitrogen and oxygen atoms in total. The van der Waals surface area contributed by atoms with E-state index in [1.54, 1.807) is 6.92 Å². The lowest BCUT2D eigenvalue weighted by molar-refractivity contribution is -0.125. The van der Waals surface area contributed by atoms with E-state index < -0.39 is 5.60 Å². The molecule has 0 saturated heterocycles. The van der Waals surface area contributed by atoms with Gasteiger partial charge in [-0.15, -0.1) is 0 Å². The second kappa shape index (κ2) is 5.83. The molecule has 0 aliphatic heterocycles. The molecule has 17 heavy (non-hydrogen) atoms. The van der Waals surface area contributed by atoms with Crippen molar-refractivity contribution in [2.75, 3.05) is 13.1 Å². The summed E-state index contributed by atoms with van der Waals surface area (Å²) in [6, 6.07) is 0. The Morgan fingerprint density at radius 1 is 1.53 bits per heavy atom. The molecule has 100 valence electrons. The Hall–Kier alpha value is -0.610. The summed E-state index contributed by atoms with van der Waals surface area (Å²) in [4.78, 5) is 11.8. The SMILES string of the molecule is CCCC(C)(O)CNC(=O)CC1(CN)CCC1. The smallest absolute Gasteiger partial charge is 0.220 e. The highest BCUT2D eigenvalue weighted by Crippen LogP contribution is 2.42. The van der Waals surface area contributed by atoms with E-state index in [0.29, 0.717) is 25.9 Å². The molecule has 1 fully saturated rings. The van der Waals surface area contributed by atoms with Crippen molar-refractivity contribution in [3.05, 3.63) is 0 Å². The van der Waals surface area contributed by atoms with Crippen molar-refractivity contribution in [2.24, 2.45) is 11.1 Å². The molecule has 1 amide bonds. The van der Waals surface area contributed by atoms with Gasteiger partial charge in [-0.2, -0.15) is 0 Å². The summed E-state index contributed by atoms with van der Waals surface area (Å²) in [6.07, 6.45) is 5.42. The lowest BCUT2D eigenvalue weighted by atomic mass is 9.66. The van der Waals surface area contributed by atoms with Crippen LogP contribution in [0.3, 0.4) is 0 Å². The Morgan fingerprint density at radius 2 is 2.18 bits per heavy atom. The van der Waals surface area contributed by atoms with Crippen LogP contribution >= 0.6 is 0 Å². The first-order chi connectivity index (χ1) is 7.93. The first kappa shape index (κ1) is 14.5. The Bertz CT molecular complexity index is 255. The van der Waals surface area contributed by atoms with Gasteiger partial charge in [0.1, 0.15) is 0 Å². The van der Waals surface area contributed by atoms with Crippen molar-refractivity contribution in [3.63, 3.8) is 0 Å². The zero-order chi connectivity index (χ0) is 12.9. The highest BCUT2D eigenvalue weighted by Gasteiger charge is 2.37. The quantitative estimate of drug-likeness (QED) is 0.627. The van der Waals surface area contributed by atoms with Crippen LogP contribution in [0.5, 0.6) is 0 Å². The van der Waals surface area contributed by atoms with Gasteiger partial charge in [-0.1, -0.05) is 19.8 Å². The van der Waals surface area contributed by atoms with Crippen molar-refractivity contribution in [1.29, 1.82) is 0 Å². The lowest BCUT2D eigenvalue weighted by Crippen LogP contribution is -2.45. The Morgan fingerprint density at radius 3 is 2.59 bits per heavy atom. The van der Waals surface area contributed by atoms with Crippen molar-refractivity contribution in [1.82, 2.24) is 5.32 Å². The summed E-state index contributed by atoms with van der Waals surface area (Å²) in [7, 11) is 0. The van der Waals surface area contributed by atoms with Crippen LogP contribution in [0.15, 0.2) is 0 Å². The van der Waals surface area contributed by atoms with E-state index in [-0.39, 0.29) is 11.3 Å². The molecule has 4 N–H and O–H groups in total. The number of amides is 1. The number of nitrogens with two attached hydrogens (primary N) is 1. The van der Waals surface area contributed by atoms with Gasteiger partial charge >= 0.3 is 0 Å². The van der Waals surface area contributed by atoms with Crippen molar-refractivity contribution in [2.45, 2.75) is 58.0 Å². The molecule has 1 aliphatic carbocycles. The number of hydrogen-bond donors (Lipinski definition) is 3. The molecule has 1 unspecified atom stereocenters. The van der Waals surface area contributed by atoms with Gasteiger partial charge in [0.2, 0.25) is 5.91 Å². The predicted octanol–water partition coefficient (Wildman–Crippen LogP) is 1.17. The number of hydrogen-bond acceptors (Lipinski definition) is 3. The molecule has 0 aromatic heterocycles. The van der Waals surface area contributed by atoms with Crippen molar-refractivity contribution < 1.29 is 9.90 Å². The van der Waals surface area contributed by atoms with Crippen LogP contribution in [-0.2, 0) is 4.79 Å². The van der Waals surface area contributed by atoms with Gasteiger partial charge in [0.15, 0.2) is 0 Å². The minimum Gasteiger partial charge on any atom is -0.388 e. The summed E-state index contributed by atoms with van der Waals surface area (Å²) in [6.45, 7) is 4.71. The van der Waals surface area contributed by atoms with Crippen LogP contribution in [0.2, 0.25) is 0 Å². The second-order valence-electron chi connectivity index (χ2n) is 5.76. The minimum absolute atomic E-state index is 0.0199. The molecule has 0 aromatic carbocycles. The fourth-order valence-corrected chi connectivity index (χ4v) is 2.45. The average molecular weight is 242 g/mol. The van der Waals surface area contributed by atoms with Crippen LogP contribution in [0.25, 0.3) is 0 Å². The Balaban J connectivity index is 2.30. The van der Waals surface area contributed by atoms with Crippen LogP contribution in [0.4, 0.5) is 0 Å². The van der Waals surface area contributed by atoms with Crippen molar-refractivity contribution in [3.8, 4) is 0 Å². The standard InChI is InChI=1S/C13H26N2O2/c1-3-5-12(2,17)10-15-11(16)8-13(9-14)6-4-7-13/h17H,3-10,14H2,1-2H3,(H,15,16). The van der Waals surface area contributed by atoms with Crippen LogP contribution in [0, 0.1) is 5.41 Å². The summed E-state index contributed by atoms with van der Waals surface area (Å²) < 4.78 is 0. The molecule has 1 aliphatic rings. The van der Waals surface area contributed by atoms with E-state index in [4.69, 9.17) is 5.73 Å². The number of aliphatic hydroxyl groups is 1. The zero-order valence-corrected chi connectivity index (χ0v) is 11.1. The van der Waals surface area contributed by atoms with E-state index in [1.807, 2.05) is 6.92 Å². The minimum atomic E-state index is -0.792. The van der Waals surface area contributed by atoms with Gasteiger partial charge in [0.25, 0.3) is 0 Å². The molecule has 1 rings (SSSR count). The molecule has 0 heterocycles. The molecular weight excluding hydrogens is 216 g/mol. The topological polar surface area (TPSA) is 75.3 Å². The van der Waals surface area contributed by atoms with E-state index in [0.717, 1.165) is 19.3 Å². The van der Waals surface area contributed by atoms with Gasteiger partial charge in [-0.25, -0.2) is 0 Å². The van der Waals surface area contributed by atoms with Gasteiger partial charge < -0.3 is 16.2 Å². The maximum Gasteiger partial charge on any atom is 0.220 e. The fraction of sp³-hybridized carbons (Fsp3) is 0.923. The number of nitrogens with one attached hydrogen (secondary N) is 1. The third kappa shape index (κ3) is 4.28. The monoisotopic (exact) mass is 242 g/mol. The largest absolute Gasteiger partial charge is 0.388 e. The van der Waals surface area contributed by atoms with Crippen molar-refractivity contribution >= 4 is 5.91 Å². The molecule has 1 atom stereocenters. The maximum absolute atomic E-state index is 11.8. The molecular formula is C13H26N2O2. The zero-order valence-electron chi connectivity index (χ0n) is 11.1. The summed E-state index contributed by atoms with van der Waals surface area (Å²) in [5.41, 5.74) is 4.97. The summed E-state index contributed by atoms with van der Waals surface area (Å²) in [5.74, 6) is 0.0199. The van der Waals surface area contributed by atoms with E-state index in [9.17, 15) is 9.90 Å². The Kier molecular flexibility index (Phi) is 4.95. The Labute approximate surface area is 104 Å². The number of carbonyl (C=O) groups excluding carboxylic acids is 1. The average Bonchev–Trinajstić information content (AvgIpc) is 2.21. The van der Waals surface area contributed by atoms with Gasteiger partial charge in [0, 0.05) is 13.0 Å². The highest BCUT2D eigenvalue weighted by molar-refractivity contribution is 5.76. The normalized spacial score (nSPS) is 21.4. The molecule has 0 radical (unpaired) electrons. The third-order valence-corrected chi connectivity index (χ3v) is 3.84. The molecule has 0 spiro atoms. The number of carbonyl (C=O) groups is 1. The van der Waals surface area contributed by atoms with E-state index in [1.165, 1.54) is 6.42 Å². The van der Waals surface area contributed by atoms with Gasteiger partial charge in [-0.05, 0) is 38.1 Å². The summed E-state index contributed by atoms with van der Waals surface area (Å²) >= 11 is 0. The van der Waals surface area contributed by atoms with E-state index >= 15 is 0 Å². The van der Waals surface area contributed by atoms with Gasteiger partial charge in [-0.3, -0.25) is 4.79 Å². The van der Waals surface area contributed by atoms with Crippen LogP contribution < -0.4 is 11.1 Å². The molecule has 4 heteroatoms. The first-order valence-corrected chi connectivity index (χ1v) is 6.62. The fourth-order valence-electron chi connectivity index (χ4n) is 2.45. The molecule has 0 aromatic rings. The second-order valence-corrected chi connectivity index (χ2v) is 5.76. The maximum atomic E-state index is 11.8. The lowest BCUT2D eigenvalue weighted by Gasteiger charge is -2.40. The first-order valence-electron chi connectivity index (χ1n) is 6.62. The summed E-state index contributed by atoms with van der Waals surface area (Å²) in [5, 5.41) is 12.8. The van der Waals surface area contributed by atoms with Crippen LogP contribution in [-0.4, -0.2) is 29.7 Å². The predicted molar refractivity (Wildman–Crippen MR) is 68.5 cm³/mol.